The van der Waals surface area contributed by atoms with Gasteiger partial charge in [0, 0.05) is 23.5 Å². The molecule has 3 aromatic heterocycles. The van der Waals surface area contributed by atoms with Crippen LogP contribution >= 0.6 is 0 Å². The Bertz CT molecular complexity index is 1010. The molecule has 0 saturated heterocycles. The summed E-state index contributed by atoms with van der Waals surface area (Å²) >= 11 is 0. The smallest absolute Gasteiger partial charge is 0.295 e. The van der Waals surface area contributed by atoms with Gasteiger partial charge in [0.2, 0.25) is 5.82 Å². The van der Waals surface area contributed by atoms with Crippen molar-refractivity contribution in [2.75, 3.05) is 5.32 Å². The van der Waals surface area contributed by atoms with Crippen LogP contribution in [0, 0.1) is 6.92 Å². The number of pyridine rings is 1. The van der Waals surface area contributed by atoms with E-state index in [1.54, 1.807) is 18.5 Å². The molecule has 112 valence electrons. The van der Waals surface area contributed by atoms with Gasteiger partial charge in [0.05, 0.1) is 11.2 Å². The summed E-state index contributed by atoms with van der Waals surface area (Å²) in [5.74, 6) is 0.0712. The fourth-order valence-corrected chi connectivity index (χ4v) is 2.42. The molecule has 7 nitrogen and oxygen atoms in total. The Morgan fingerprint density at radius 3 is 2.91 bits per heavy atom. The van der Waals surface area contributed by atoms with E-state index in [2.05, 4.69) is 25.4 Å². The lowest BCUT2D eigenvalue weighted by Gasteiger charge is -2.08. The van der Waals surface area contributed by atoms with E-state index in [0.717, 1.165) is 16.6 Å². The predicted octanol–water partition coefficient (Wildman–Crippen LogP) is 2.23. The van der Waals surface area contributed by atoms with E-state index < -0.39 is 0 Å². The molecule has 4 rings (SSSR count). The summed E-state index contributed by atoms with van der Waals surface area (Å²) in [6.07, 6.45) is 3.30. The van der Waals surface area contributed by atoms with Crippen molar-refractivity contribution in [3.05, 3.63) is 60.3 Å². The monoisotopic (exact) mass is 304 g/mol. The first-order valence-electron chi connectivity index (χ1n) is 7.06. The second-order valence-corrected chi connectivity index (χ2v) is 5.08. The number of para-hydroxylation sites is 1. The molecule has 1 amide bonds. The zero-order valence-corrected chi connectivity index (χ0v) is 12.3. The van der Waals surface area contributed by atoms with Crippen LogP contribution < -0.4 is 5.32 Å². The van der Waals surface area contributed by atoms with Gasteiger partial charge in [0.1, 0.15) is 0 Å². The number of fused-ring (bicyclic) bond motifs is 2. The molecule has 1 N–H and O–H groups in total. The van der Waals surface area contributed by atoms with Crippen LogP contribution in [-0.4, -0.2) is 30.5 Å². The maximum atomic E-state index is 12.4. The maximum absolute atomic E-state index is 12.4. The zero-order valence-electron chi connectivity index (χ0n) is 12.3. The van der Waals surface area contributed by atoms with Gasteiger partial charge in [-0.25, -0.2) is 9.50 Å². The summed E-state index contributed by atoms with van der Waals surface area (Å²) in [5, 5.41) is 7.85. The van der Waals surface area contributed by atoms with Crippen molar-refractivity contribution in [2.24, 2.45) is 0 Å². The molecule has 0 aliphatic carbocycles. The molecule has 0 bridgehead atoms. The third-order valence-electron chi connectivity index (χ3n) is 3.41. The van der Waals surface area contributed by atoms with Gasteiger partial charge >= 0.3 is 0 Å². The number of carbonyl (C=O) groups excluding carboxylic acids is 1. The van der Waals surface area contributed by atoms with Crippen LogP contribution in [0.1, 0.15) is 16.3 Å². The number of benzene rings is 1. The number of hydrogen-bond donors (Lipinski definition) is 1. The summed E-state index contributed by atoms with van der Waals surface area (Å²) in [7, 11) is 0. The third kappa shape index (κ3) is 2.38. The summed E-state index contributed by atoms with van der Waals surface area (Å²) in [6, 6.07) is 11.2. The van der Waals surface area contributed by atoms with Crippen LogP contribution in [-0.2, 0) is 0 Å². The number of nitrogens with zero attached hydrogens (tertiary/aromatic N) is 5. The fourth-order valence-electron chi connectivity index (χ4n) is 2.42. The Balaban J connectivity index is 1.74. The van der Waals surface area contributed by atoms with Crippen molar-refractivity contribution in [2.45, 2.75) is 6.92 Å². The normalized spacial score (nSPS) is 11.0. The second-order valence-electron chi connectivity index (χ2n) is 5.08. The average molecular weight is 304 g/mol. The maximum Gasteiger partial charge on any atom is 0.295 e. The molecule has 0 aliphatic rings. The molecule has 0 aliphatic heterocycles. The van der Waals surface area contributed by atoms with Crippen LogP contribution in [0.15, 0.2) is 48.8 Å². The van der Waals surface area contributed by atoms with Crippen molar-refractivity contribution >= 4 is 28.3 Å². The third-order valence-corrected chi connectivity index (χ3v) is 3.41. The predicted molar refractivity (Wildman–Crippen MR) is 85.2 cm³/mol. The first kappa shape index (κ1) is 13.3. The molecular formula is C16H12N6O. The number of anilines is 1. The Morgan fingerprint density at radius 1 is 1.17 bits per heavy atom. The van der Waals surface area contributed by atoms with Gasteiger partial charge in [-0.2, -0.15) is 4.98 Å². The second kappa shape index (κ2) is 5.13. The van der Waals surface area contributed by atoms with Crippen LogP contribution in [0.4, 0.5) is 5.69 Å². The quantitative estimate of drug-likeness (QED) is 0.614. The molecule has 4 aromatic rings. The fraction of sp³-hybridized carbons (Fsp3) is 0.0625. The molecule has 0 atom stereocenters. The largest absolute Gasteiger partial charge is 0.318 e. The minimum absolute atomic E-state index is 0.0715. The lowest BCUT2D eigenvalue weighted by molar-refractivity contribution is 0.101. The van der Waals surface area contributed by atoms with Gasteiger partial charge in [-0.1, -0.05) is 18.2 Å². The summed E-state index contributed by atoms with van der Waals surface area (Å²) in [6.45, 7) is 1.88. The van der Waals surface area contributed by atoms with Crippen LogP contribution in [0.5, 0.6) is 0 Å². The topological polar surface area (TPSA) is 85.1 Å². The molecule has 23 heavy (non-hydrogen) atoms. The van der Waals surface area contributed by atoms with Crippen molar-refractivity contribution in [1.82, 2.24) is 24.6 Å². The Kier molecular flexibility index (Phi) is 2.97. The van der Waals surface area contributed by atoms with Gasteiger partial charge in [-0.3, -0.25) is 9.78 Å². The molecule has 0 fully saturated rings. The average Bonchev–Trinajstić information content (AvgIpc) is 2.99. The highest BCUT2D eigenvalue weighted by Crippen LogP contribution is 2.23. The molecule has 7 heteroatoms. The number of carbonyl (C=O) groups is 1. The van der Waals surface area contributed by atoms with Crippen LogP contribution in [0.2, 0.25) is 0 Å². The lowest BCUT2D eigenvalue weighted by Crippen LogP contribution is -2.14. The first-order chi connectivity index (χ1) is 11.2. The van der Waals surface area contributed by atoms with Gasteiger partial charge in [-0.15, -0.1) is 5.10 Å². The highest BCUT2D eigenvalue weighted by Gasteiger charge is 2.15. The van der Waals surface area contributed by atoms with Gasteiger partial charge in [-0.05, 0) is 25.1 Å². The summed E-state index contributed by atoms with van der Waals surface area (Å²) in [4.78, 5) is 25.1. The molecule has 0 spiro atoms. The number of aromatic nitrogens is 5. The van der Waals surface area contributed by atoms with Gasteiger partial charge < -0.3 is 5.32 Å². The highest BCUT2D eigenvalue weighted by molar-refractivity contribution is 6.07. The zero-order chi connectivity index (χ0) is 15.8. The molecule has 0 unspecified atom stereocenters. The number of amides is 1. The number of rotatable bonds is 2. The number of nitrogens with one attached hydrogen (secondary N) is 1. The van der Waals surface area contributed by atoms with E-state index in [1.807, 2.05) is 37.3 Å². The highest BCUT2D eigenvalue weighted by atomic mass is 16.2. The van der Waals surface area contributed by atoms with Gasteiger partial charge in [0.25, 0.3) is 11.7 Å². The Labute approximate surface area is 131 Å². The summed E-state index contributed by atoms with van der Waals surface area (Å²) < 4.78 is 1.46. The van der Waals surface area contributed by atoms with Gasteiger partial charge in [0.15, 0.2) is 0 Å². The molecule has 0 saturated carbocycles. The van der Waals surface area contributed by atoms with Crippen molar-refractivity contribution in [3.63, 3.8) is 0 Å². The molecule has 1 aromatic carbocycles. The van der Waals surface area contributed by atoms with E-state index in [4.69, 9.17) is 0 Å². The van der Waals surface area contributed by atoms with E-state index in [-0.39, 0.29) is 11.7 Å². The van der Waals surface area contributed by atoms with Crippen LogP contribution in [0.3, 0.4) is 0 Å². The standard InChI is InChI=1S/C16H12N6O/c1-10-9-13(11-5-2-3-6-12(11)18-10)19-15(23)14-20-16-17-7-4-8-22(16)21-14/h2-9H,1H3,(H,18,19,23). The van der Waals surface area contributed by atoms with E-state index in [1.165, 1.54) is 4.52 Å². The minimum atomic E-state index is -0.383. The van der Waals surface area contributed by atoms with Crippen molar-refractivity contribution in [3.8, 4) is 0 Å². The molecular weight excluding hydrogens is 292 g/mol. The van der Waals surface area contributed by atoms with E-state index in [0.29, 0.717) is 11.5 Å². The number of aryl methyl sites for hydroxylation is 1. The van der Waals surface area contributed by atoms with E-state index >= 15 is 0 Å². The van der Waals surface area contributed by atoms with Crippen molar-refractivity contribution in [1.29, 1.82) is 0 Å². The lowest BCUT2D eigenvalue weighted by atomic mass is 10.1. The van der Waals surface area contributed by atoms with Crippen molar-refractivity contribution < 1.29 is 4.79 Å². The minimum Gasteiger partial charge on any atom is -0.318 e. The Morgan fingerprint density at radius 2 is 2.04 bits per heavy atom. The summed E-state index contributed by atoms with van der Waals surface area (Å²) in [5.41, 5.74) is 2.33. The molecule has 3 heterocycles. The first-order valence-corrected chi connectivity index (χ1v) is 7.06. The number of hydrogen-bond acceptors (Lipinski definition) is 5. The Hall–Kier alpha value is -3.35. The van der Waals surface area contributed by atoms with Crippen LogP contribution in [0.25, 0.3) is 16.7 Å². The SMILES string of the molecule is Cc1cc(NC(=O)c2nc3ncccn3n2)c2ccccc2n1. The van der Waals surface area contributed by atoms with E-state index in [9.17, 15) is 4.79 Å². The molecule has 0 radical (unpaired) electrons.